The van der Waals surface area contributed by atoms with Gasteiger partial charge in [-0.05, 0) is 33.1 Å². The van der Waals surface area contributed by atoms with E-state index in [1.54, 1.807) is 11.6 Å². The topological polar surface area (TPSA) is 38.0 Å². The molecule has 0 aliphatic heterocycles. The largest absolute Gasteiger partial charge is 0.390 e. The normalized spacial score (nSPS) is 15.2. The van der Waals surface area contributed by atoms with Crippen LogP contribution < -0.4 is 0 Å². The van der Waals surface area contributed by atoms with Crippen molar-refractivity contribution < 1.29 is 18.3 Å². The van der Waals surface area contributed by atoms with E-state index in [1.165, 1.54) is 0 Å². The summed E-state index contributed by atoms with van der Waals surface area (Å²) in [6.07, 6.45) is -4.23. The Hall–Kier alpha value is -0.750. The summed E-state index contributed by atoms with van der Waals surface area (Å²) in [4.78, 5) is 0. The van der Waals surface area contributed by atoms with Gasteiger partial charge in [-0.25, -0.2) is 0 Å². The van der Waals surface area contributed by atoms with Crippen molar-refractivity contribution in [3.63, 3.8) is 0 Å². The van der Waals surface area contributed by atoms with Gasteiger partial charge >= 0.3 is 6.18 Å². The molecule has 1 heterocycles. The van der Waals surface area contributed by atoms with Crippen molar-refractivity contribution in [1.82, 2.24) is 9.78 Å². The second kappa shape index (κ2) is 7.01. The maximum atomic E-state index is 12.2. The fourth-order valence-corrected chi connectivity index (χ4v) is 2.64. The van der Waals surface area contributed by atoms with Gasteiger partial charge in [-0.15, -0.1) is 0 Å². The molecule has 0 amide bonds. The van der Waals surface area contributed by atoms with E-state index < -0.39 is 18.2 Å². The van der Waals surface area contributed by atoms with E-state index >= 15 is 0 Å². The predicted octanol–water partition coefficient (Wildman–Crippen LogP) is 4.14. The van der Waals surface area contributed by atoms with Crippen LogP contribution in [0.3, 0.4) is 0 Å². The van der Waals surface area contributed by atoms with E-state index in [0.717, 1.165) is 5.69 Å². The van der Waals surface area contributed by atoms with E-state index in [-0.39, 0.29) is 19.3 Å². The van der Waals surface area contributed by atoms with Crippen molar-refractivity contribution >= 4 is 11.6 Å². The first-order valence-electron chi connectivity index (χ1n) is 7.12. The Morgan fingerprint density at radius 3 is 2.33 bits per heavy atom. The number of aliphatic hydroxyl groups is 1. The maximum Gasteiger partial charge on any atom is 0.389 e. The van der Waals surface area contributed by atoms with Gasteiger partial charge in [0.2, 0.25) is 0 Å². The molecule has 0 saturated carbocycles. The van der Waals surface area contributed by atoms with Crippen LogP contribution in [0, 0.1) is 0 Å². The first kappa shape index (κ1) is 18.3. The Balaban J connectivity index is 2.76. The lowest BCUT2D eigenvalue weighted by atomic mass is 9.93. The number of alkyl halides is 3. The van der Waals surface area contributed by atoms with Crippen LogP contribution in [-0.2, 0) is 19.4 Å². The third-order valence-corrected chi connectivity index (χ3v) is 3.85. The minimum atomic E-state index is -4.19. The minimum absolute atomic E-state index is 0.0686. The van der Waals surface area contributed by atoms with Gasteiger partial charge in [0.1, 0.15) is 0 Å². The number of hydrogen-bond donors (Lipinski definition) is 1. The molecule has 3 nitrogen and oxygen atoms in total. The lowest BCUT2D eigenvalue weighted by molar-refractivity contribution is -0.137. The van der Waals surface area contributed by atoms with E-state index in [4.69, 9.17) is 11.6 Å². The highest BCUT2D eigenvalue weighted by Gasteiger charge is 2.30. The molecule has 0 saturated heterocycles. The highest BCUT2D eigenvalue weighted by Crippen LogP contribution is 2.29. The predicted molar refractivity (Wildman–Crippen MR) is 76.5 cm³/mol. The molecule has 1 aromatic heterocycles. The second-order valence-electron chi connectivity index (χ2n) is 5.52. The molecule has 1 rings (SSSR count). The highest BCUT2D eigenvalue weighted by atomic mass is 35.5. The van der Waals surface area contributed by atoms with E-state index in [1.807, 2.05) is 13.8 Å². The summed E-state index contributed by atoms with van der Waals surface area (Å²) >= 11 is 6.25. The van der Waals surface area contributed by atoms with Gasteiger partial charge in [-0.2, -0.15) is 18.3 Å². The Labute approximate surface area is 128 Å². The van der Waals surface area contributed by atoms with Crippen LogP contribution in [0.15, 0.2) is 0 Å². The average Bonchev–Trinajstić information content (AvgIpc) is 2.63. The minimum Gasteiger partial charge on any atom is -0.390 e. The molecule has 0 aliphatic carbocycles. The van der Waals surface area contributed by atoms with Crippen LogP contribution >= 0.6 is 11.6 Å². The standard InChI is InChI=1S/C14H22ClF3N2O/c1-4-10-12(15)11(20(5-2)19-10)9-13(3,21)7-6-8-14(16,17)18/h21H,4-9H2,1-3H3. The molecule has 0 spiro atoms. The molecular weight excluding hydrogens is 305 g/mol. The summed E-state index contributed by atoms with van der Waals surface area (Å²) in [6.45, 7) is 5.98. The van der Waals surface area contributed by atoms with Gasteiger partial charge in [-0.1, -0.05) is 18.5 Å². The van der Waals surface area contributed by atoms with Crippen molar-refractivity contribution in [2.24, 2.45) is 0 Å². The van der Waals surface area contributed by atoms with Gasteiger partial charge in [0.15, 0.2) is 0 Å². The number of aromatic nitrogens is 2. The molecule has 1 unspecified atom stereocenters. The van der Waals surface area contributed by atoms with Crippen molar-refractivity contribution in [1.29, 1.82) is 0 Å². The van der Waals surface area contributed by atoms with Crippen LogP contribution in [-0.4, -0.2) is 26.7 Å². The zero-order valence-corrected chi connectivity index (χ0v) is 13.4. The molecule has 122 valence electrons. The number of halogens is 4. The summed E-state index contributed by atoms with van der Waals surface area (Å²) in [5, 5.41) is 15.2. The van der Waals surface area contributed by atoms with Gasteiger partial charge < -0.3 is 5.11 Å². The molecule has 0 bridgehead atoms. The monoisotopic (exact) mass is 326 g/mol. The Kier molecular flexibility index (Phi) is 6.11. The van der Waals surface area contributed by atoms with Crippen LogP contribution in [0.2, 0.25) is 5.02 Å². The van der Waals surface area contributed by atoms with Crippen molar-refractivity contribution in [3.05, 3.63) is 16.4 Å². The summed E-state index contributed by atoms with van der Waals surface area (Å²) in [5.74, 6) is 0. The number of rotatable bonds is 7. The Bertz CT molecular complexity index is 470. The lowest BCUT2D eigenvalue weighted by Crippen LogP contribution is -2.29. The third-order valence-electron chi connectivity index (χ3n) is 3.42. The summed E-state index contributed by atoms with van der Waals surface area (Å²) in [6, 6.07) is 0. The molecule has 0 radical (unpaired) electrons. The quantitative estimate of drug-likeness (QED) is 0.817. The number of nitrogens with zero attached hydrogens (tertiary/aromatic N) is 2. The summed E-state index contributed by atoms with van der Waals surface area (Å²) < 4.78 is 38.2. The van der Waals surface area contributed by atoms with Crippen LogP contribution in [0.5, 0.6) is 0 Å². The zero-order valence-electron chi connectivity index (χ0n) is 12.6. The fraction of sp³-hybridized carbons (Fsp3) is 0.786. The fourth-order valence-electron chi connectivity index (χ4n) is 2.30. The van der Waals surface area contributed by atoms with E-state index in [0.29, 0.717) is 23.7 Å². The zero-order chi connectivity index (χ0) is 16.3. The molecule has 7 heteroatoms. The molecule has 0 aromatic carbocycles. The maximum absolute atomic E-state index is 12.2. The Morgan fingerprint density at radius 1 is 1.24 bits per heavy atom. The second-order valence-corrected chi connectivity index (χ2v) is 5.90. The third kappa shape index (κ3) is 5.51. The lowest BCUT2D eigenvalue weighted by Gasteiger charge is -2.24. The number of hydrogen-bond acceptors (Lipinski definition) is 2. The van der Waals surface area contributed by atoms with Crippen LogP contribution in [0.25, 0.3) is 0 Å². The first-order chi connectivity index (χ1) is 9.59. The van der Waals surface area contributed by atoms with Crippen molar-refractivity contribution in [2.45, 2.75) is 71.2 Å². The van der Waals surface area contributed by atoms with E-state index in [9.17, 15) is 18.3 Å². The SMILES string of the molecule is CCc1nn(CC)c(CC(C)(O)CCCC(F)(F)F)c1Cl. The van der Waals surface area contributed by atoms with Gasteiger partial charge in [-0.3, -0.25) is 4.68 Å². The van der Waals surface area contributed by atoms with Gasteiger partial charge in [0, 0.05) is 19.4 Å². The Morgan fingerprint density at radius 2 is 1.86 bits per heavy atom. The average molecular weight is 327 g/mol. The summed E-state index contributed by atoms with van der Waals surface area (Å²) in [5.41, 5.74) is 0.208. The van der Waals surface area contributed by atoms with Gasteiger partial charge in [0.05, 0.1) is 22.0 Å². The van der Waals surface area contributed by atoms with Crippen molar-refractivity contribution in [3.8, 4) is 0 Å². The van der Waals surface area contributed by atoms with Crippen molar-refractivity contribution in [2.75, 3.05) is 0 Å². The first-order valence-corrected chi connectivity index (χ1v) is 7.50. The van der Waals surface area contributed by atoms with Gasteiger partial charge in [0.25, 0.3) is 0 Å². The highest BCUT2D eigenvalue weighted by molar-refractivity contribution is 6.31. The molecule has 1 N–H and O–H groups in total. The molecule has 21 heavy (non-hydrogen) atoms. The molecule has 0 aliphatic rings. The van der Waals surface area contributed by atoms with Crippen LogP contribution in [0.4, 0.5) is 13.2 Å². The summed E-state index contributed by atoms with van der Waals surface area (Å²) in [7, 11) is 0. The number of aryl methyl sites for hydroxylation is 2. The smallest absolute Gasteiger partial charge is 0.389 e. The molecular formula is C14H22ClF3N2O. The molecule has 1 aromatic rings. The molecule has 0 fully saturated rings. The molecule has 1 atom stereocenters. The van der Waals surface area contributed by atoms with E-state index in [2.05, 4.69) is 5.10 Å². The van der Waals surface area contributed by atoms with Crippen LogP contribution in [0.1, 0.15) is 51.4 Å².